The third-order valence-electron chi connectivity index (χ3n) is 21.2. The summed E-state index contributed by atoms with van der Waals surface area (Å²) in [4.78, 5) is 5.11. The number of fused-ring (bicyclic) bond motifs is 15. The van der Waals surface area contributed by atoms with Crippen LogP contribution in [0.4, 0.5) is 34.1 Å². The van der Waals surface area contributed by atoms with Gasteiger partial charge in [0.05, 0.1) is 34.8 Å². The number of para-hydroxylation sites is 2. The molecule has 18 rings (SSSR count). The molecule has 0 atom stereocenters. The lowest BCUT2D eigenvalue weighted by molar-refractivity contribution is 0.569. The highest BCUT2D eigenvalue weighted by molar-refractivity contribution is 7.00. The monoisotopic (exact) mass is 1290 g/mol. The van der Waals surface area contributed by atoms with Gasteiger partial charge in [-0.2, -0.15) is 0 Å². The van der Waals surface area contributed by atoms with Crippen LogP contribution in [0.2, 0.25) is 0 Å². The molecule has 0 saturated heterocycles. The summed E-state index contributed by atoms with van der Waals surface area (Å²) in [6, 6.07) is 101. The predicted octanol–water partition coefficient (Wildman–Crippen LogP) is 24.6. The van der Waals surface area contributed by atoms with Crippen molar-refractivity contribution in [3.05, 3.63) is 326 Å². The molecular weight excluding hydrogens is 1210 g/mol. The number of aromatic nitrogens is 1. The molecule has 2 aliphatic heterocycles. The average molecular weight is 1290 g/mol. The first-order valence-electron chi connectivity index (χ1n) is 37.6. The van der Waals surface area contributed by atoms with Crippen LogP contribution in [0.25, 0.3) is 115 Å². The largest absolute Gasteiger partial charge is 0.311 e. The van der Waals surface area contributed by atoms with Gasteiger partial charge < -0.3 is 14.2 Å². The SMILES string of the molecule is [2H]c1c([2H])c([2H])c(-c2ccc3c(c2)N(c2c(-c4ccccc4)cc(C(C)(C)C)cc2-c2ccccc2)c2c4c(cc5c2c2cccc6c7ccccc7c7ccccc7c7ccccc7n5c62)N(c2ccc(-c5ccccc5)cc2)c2cc(-c5cc(C(C)(C)C)cc(C(C)(C)C)c5)ccc2B34)c([2H])c1[2H]. The van der Waals surface area contributed by atoms with E-state index in [0.717, 1.165) is 160 Å². The van der Waals surface area contributed by atoms with Gasteiger partial charge in [-0.15, -0.1) is 0 Å². The zero-order valence-corrected chi connectivity index (χ0v) is 58.0. The molecule has 0 spiro atoms. The van der Waals surface area contributed by atoms with E-state index in [1.54, 1.807) is 0 Å². The lowest BCUT2D eigenvalue weighted by Gasteiger charge is -2.45. The normalized spacial score (nSPS) is 13.7. The molecule has 16 aromatic rings. The van der Waals surface area contributed by atoms with Gasteiger partial charge in [0.15, 0.2) is 0 Å². The topological polar surface area (TPSA) is 10.9 Å². The molecule has 0 N–H and O–H groups in total. The van der Waals surface area contributed by atoms with E-state index in [2.05, 4.69) is 350 Å². The zero-order chi connectivity index (χ0) is 72.3. The van der Waals surface area contributed by atoms with Gasteiger partial charge >= 0.3 is 0 Å². The molecule has 0 bridgehead atoms. The van der Waals surface area contributed by atoms with E-state index in [4.69, 9.17) is 1.37 Å². The Morgan fingerprint density at radius 1 is 0.300 bits per heavy atom. The van der Waals surface area contributed by atoms with Crippen molar-refractivity contribution in [1.29, 1.82) is 0 Å². The van der Waals surface area contributed by atoms with Crippen LogP contribution in [0.15, 0.2) is 309 Å². The minimum absolute atomic E-state index is 0.139. The summed E-state index contributed by atoms with van der Waals surface area (Å²) in [7, 11) is 0. The Labute approximate surface area is 594 Å². The van der Waals surface area contributed by atoms with E-state index in [9.17, 15) is 5.48 Å². The quantitative estimate of drug-likeness (QED) is 0.147. The van der Waals surface area contributed by atoms with Crippen LogP contribution >= 0.6 is 0 Å². The molecule has 3 nitrogen and oxygen atoms in total. The summed E-state index contributed by atoms with van der Waals surface area (Å²) in [5, 5.41) is 8.84. The van der Waals surface area contributed by atoms with Crippen LogP contribution < -0.4 is 26.2 Å². The van der Waals surface area contributed by atoms with Crippen molar-refractivity contribution >= 4 is 117 Å². The summed E-state index contributed by atoms with van der Waals surface area (Å²) in [5.41, 5.74) is 24.4. The van der Waals surface area contributed by atoms with Crippen LogP contribution in [0.3, 0.4) is 0 Å². The van der Waals surface area contributed by atoms with Crippen molar-refractivity contribution in [3.63, 3.8) is 0 Å². The van der Waals surface area contributed by atoms with Gasteiger partial charge in [-0.3, -0.25) is 0 Å². The second-order valence-electron chi connectivity index (χ2n) is 30.5. The summed E-state index contributed by atoms with van der Waals surface area (Å²) < 4.78 is 49.4. The molecule has 4 heterocycles. The third kappa shape index (κ3) is 9.85. The molecular formula is C96H78BN3. The van der Waals surface area contributed by atoms with Gasteiger partial charge in [0.2, 0.25) is 0 Å². The Bertz CT molecular complexity index is 6220. The number of rotatable bonds is 7. The van der Waals surface area contributed by atoms with E-state index in [1.807, 2.05) is 6.07 Å². The van der Waals surface area contributed by atoms with Gasteiger partial charge in [0.1, 0.15) is 0 Å². The Kier molecular flexibility index (Phi) is 12.8. The minimum Gasteiger partial charge on any atom is -0.311 e. The fourth-order valence-corrected chi connectivity index (χ4v) is 16.2. The first-order chi connectivity index (χ1) is 50.6. The number of benzene rings is 14. The van der Waals surface area contributed by atoms with E-state index >= 15 is 0 Å². The maximum absolute atomic E-state index is 9.74. The maximum atomic E-state index is 9.74. The molecule has 0 amide bonds. The van der Waals surface area contributed by atoms with Gasteiger partial charge in [0, 0.05) is 55.4 Å². The number of nitrogens with zero attached hydrogens (tertiary/aromatic N) is 3. The van der Waals surface area contributed by atoms with Crippen molar-refractivity contribution in [2.45, 2.75) is 78.6 Å². The highest BCUT2D eigenvalue weighted by Gasteiger charge is 2.46. The fourth-order valence-electron chi connectivity index (χ4n) is 16.2. The van der Waals surface area contributed by atoms with Crippen molar-refractivity contribution in [2.75, 3.05) is 9.80 Å². The maximum Gasteiger partial charge on any atom is 0.252 e. The molecule has 2 aliphatic rings. The molecule has 0 saturated carbocycles. The summed E-state index contributed by atoms with van der Waals surface area (Å²) in [6.07, 6.45) is 0. The molecule has 14 aromatic carbocycles. The summed E-state index contributed by atoms with van der Waals surface area (Å²) in [6.45, 7) is 20.3. The van der Waals surface area contributed by atoms with E-state index in [-0.39, 0.29) is 46.0 Å². The molecule has 0 fully saturated rings. The van der Waals surface area contributed by atoms with Gasteiger partial charge in [-0.05, 0) is 164 Å². The molecule has 0 unspecified atom stereocenters. The van der Waals surface area contributed by atoms with E-state index < -0.39 is 12.8 Å². The third-order valence-corrected chi connectivity index (χ3v) is 21.2. The molecule has 0 aliphatic carbocycles. The highest BCUT2D eigenvalue weighted by Crippen LogP contribution is 2.56. The van der Waals surface area contributed by atoms with E-state index in [1.165, 1.54) is 11.1 Å². The minimum atomic E-state index is -0.441. The second-order valence-corrected chi connectivity index (χ2v) is 30.5. The molecule has 480 valence electrons. The molecule has 2 aromatic heterocycles. The first kappa shape index (κ1) is 55.5. The lowest BCUT2D eigenvalue weighted by Crippen LogP contribution is -2.61. The Morgan fingerprint density at radius 2 is 0.740 bits per heavy atom. The van der Waals surface area contributed by atoms with Crippen LogP contribution in [-0.2, 0) is 16.2 Å². The van der Waals surface area contributed by atoms with Crippen LogP contribution in [0, 0.1) is 0 Å². The number of hydrogen-bond donors (Lipinski definition) is 0. The van der Waals surface area contributed by atoms with Gasteiger partial charge in [-0.1, -0.05) is 323 Å². The number of hydrogen-bond acceptors (Lipinski definition) is 2. The number of anilines is 6. The molecule has 0 radical (unpaired) electrons. The second kappa shape index (κ2) is 23.1. The van der Waals surface area contributed by atoms with Gasteiger partial charge in [0.25, 0.3) is 6.71 Å². The first-order valence-corrected chi connectivity index (χ1v) is 35.1. The smallest absolute Gasteiger partial charge is 0.252 e. The predicted molar refractivity (Wildman–Crippen MR) is 431 cm³/mol. The summed E-state index contributed by atoms with van der Waals surface area (Å²) >= 11 is 0. The fraction of sp³-hybridized carbons (Fsp3) is 0.125. The Hall–Kier alpha value is -11.5. The lowest BCUT2D eigenvalue weighted by atomic mass is 9.33. The van der Waals surface area contributed by atoms with Crippen molar-refractivity contribution in [2.24, 2.45) is 0 Å². The van der Waals surface area contributed by atoms with E-state index in [0.29, 0.717) is 5.56 Å². The van der Waals surface area contributed by atoms with Crippen molar-refractivity contribution in [3.8, 4) is 55.6 Å². The molecule has 4 heteroatoms. The van der Waals surface area contributed by atoms with Crippen molar-refractivity contribution < 1.29 is 6.85 Å². The van der Waals surface area contributed by atoms with Crippen LogP contribution in [0.5, 0.6) is 0 Å². The summed E-state index contributed by atoms with van der Waals surface area (Å²) in [5.74, 6) is 0. The Morgan fingerprint density at radius 3 is 1.30 bits per heavy atom. The van der Waals surface area contributed by atoms with Crippen LogP contribution in [0.1, 0.15) is 85.9 Å². The van der Waals surface area contributed by atoms with Crippen LogP contribution in [-0.4, -0.2) is 11.1 Å². The standard InChI is InChI=1S/C96H78BN3/c1-94(2,3)69-53-68(54-70(57-69)95(4,5)6)67-48-52-82-85(56-67)98(72-49-45-63(46-50-72)61-29-14-10-15-30-61)88-60-87-89(79-43-28-42-78-76-40-25-23-38-74(76)73-37-22-24-39-75(73)77-41-26-27-44-84(77)99(87)91(78)79)93-90(88)97(82)83-51-47-66(62-31-16-11-17-32-62)55-86(83)100(93)92-80(64-33-18-12-19-34-64)58-71(96(7,8)9)59-81(92)65-35-20-13-21-36-65/h10-60H,1-9H3/i11D,16D,17D,31D,32D. The zero-order valence-electron chi connectivity index (χ0n) is 63.0. The Balaban J connectivity index is 1.10. The average Bonchev–Trinajstić information content (AvgIpc) is 1.66. The van der Waals surface area contributed by atoms with Crippen molar-refractivity contribution in [1.82, 2.24) is 4.40 Å². The highest BCUT2D eigenvalue weighted by atomic mass is 15.2. The van der Waals surface area contributed by atoms with Gasteiger partial charge in [-0.25, -0.2) is 0 Å². The molecule has 100 heavy (non-hydrogen) atoms.